The van der Waals surface area contributed by atoms with Gasteiger partial charge in [-0.2, -0.15) is 0 Å². The number of hydrogen-bond acceptors (Lipinski definition) is 2. The summed E-state index contributed by atoms with van der Waals surface area (Å²) in [5.74, 6) is 0. The molecule has 1 heterocycles. The van der Waals surface area contributed by atoms with E-state index in [9.17, 15) is 0 Å². The SMILES string of the molecule is CC(C)(C)NCc1ccccc1Cn1ccnc1. The predicted molar refractivity (Wildman–Crippen MR) is 74.4 cm³/mol. The molecule has 0 saturated carbocycles. The average molecular weight is 243 g/mol. The van der Waals surface area contributed by atoms with Gasteiger partial charge in [-0.15, -0.1) is 0 Å². The number of nitrogens with zero attached hydrogens (tertiary/aromatic N) is 2. The molecule has 2 aromatic rings. The first kappa shape index (κ1) is 12.8. The number of nitrogens with one attached hydrogen (secondary N) is 1. The second-order valence-electron chi connectivity index (χ2n) is 5.61. The van der Waals surface area contributed by atoms with Crippen molar-refractivity contribution in [2.24, 2.45) is 0 Å². The number of hydrogen-bond donors (Lipinski definition) is 1. The van der Waals surface area contributed by atoms with E-state index in [-0.39, 0.29) is 5.54 Å². The predicted octanol–water partition coefficient (Wildman–Crippen LogP) is 2.82. The zero-order chi connectivity index (χ0) is 13.0. The maximum Gasteiger partial charge on any atom is 0.0949 e. The second-order valence-corrected chi connectivity index (χ2v) is 5.61. The molecule has 96 valence electrons. The third-order valence-corrected chi connectivity index (χ3v) is 2.84. The molecule has 1 aromatic carbocycles. The summed E-state index contributed by atoms with van der Waals surface area (Å²) in [6, 6.07) is 8.55. The molecule has 0 radical (unpaired) electrons. The van der Waals surface area contributed by atoms with Crippen LogP contribution in [-0.2, 0) is 13.1 Å². The van der Waals surface area contributed by atoms with E-state index in [1.54, 1.807) is 0 Å². The topological polar surface area (TPSA) is 29.9 Å². The normalized spacial score (nSPS) is 11.7. The third-order valence-electron chi connectivity index (χ3n) is 2.84. The Bertz CT molecular complexity index is 481. The molecule has 2 rings (SSSR count). The lowest BCUT2D eigenvalue weighted by molar-refractivity contribution is 0.423. The van der Waals surface area contributed by atoms with Gasteiger partial charge in [0.15, 0.2) is 0 Å². The van der Waals surface area contributed by atoms with Crippen LogP contribution in [0.5, 0.6) is 0 Å². The highest BCUT2D eigenvalue weighted by Gasteiger charge is 2.10. The summed E-state index contributed by atoms with van der Waals surface area (Å²) in [6.07, 6.45) is 5.66. The second kappa shape index (κ2) is 5.36. The van der Waals surface area contributed by atoms with Gasteiger partial charge < -0.3 is 9.88 Å². The largest absolute Gasteiger partial charge is 0.333 e. The number of rotatable bonds is 4. The Morgan fingerprint density at radius 2 is 1.89 bits per heavy atom. The fourth-order valence-corrected chi connectivity index (χ4v) is 1.82. The van der Waals surface area contributed by atoms with E-state index >= 15 is 0 Å². The molecule has 0 saturated heterocycles. The first-order valence-electron chi connectivity index (χ1n) is 6.32. The van der Waals surface area contributed by atoms with Crippen molar-refractivity contribution in [3.8, 4) is 0 Å². The minimum absolute atomic E-state index is 0.141. The quantitative estimate of drug-likeness (QED) is 0.895. The van der Waals surface area contributed by atoms with Crippen molar-refractivity contribution in [3.63, 3.8) is 0 Å². The van der Waals surface area contributed by atoms with Crippen molar-refractivity contribution < 1.29 is 0 Å². The molecule has 0 fully saturated rings. The van der Waals surface area contributed by atoms with Crippen molar-refractivity contribution in [1.82, 2.24) is 14.9 Å². The van der Waals surface area contributed by atoms with Crippen molar-refractivity contribution >= 4 is 0 Å². The highest BCUT2D eigenvalue weighted by Crippen LogP contribution is 2.12. The van der Waals surface area contributed by atoms with E-state index in [2.05, 4.69) is 59.9 Å². The number of aromatic nitrogens is 2. The molecule has 3 heteroatoms. The smallest absolute Gasteiger partial charge is 0.0949 e. The van der Waals surface area contributed by atoms with Crippen molar-refractivity contribution in [3.05, 3.63) is 54.1 Å². The van der Waals surface area contributed by atoms with Crippen LogP contribution in [0.3, 0.4) is 0 Å². The van der Waals surface area contributed by atoms with Gasteiger partial charge in [-0.25, -0.2) is 4.98 Å². The Morgan fingerprint density at radius 3 is 2.50 bits per heavy atom. The molecule has 0 bridgehead atoms. The third kappa shape index (κ3) is 3.70. The highest BCUT2D eigenvalue weighted by molar-refractivity contribution is 5.27. The van der Waals surface area contributed by atoms with Gasteiger partial charge in [0.2, 0.25) is 0 Å². The molecular formula is C15H21N3. The zero-order valence-electron chi connectivity index (χ0n) is 11.4. The Kier molecular flexibility index (Phi) is 3.82. The molecular weight excluding hydrogens is 222 g/mol. The zero-order valence-corrected chi connectivity index (χ0v) is 11.4. The summed E-state index contributed by atoms with van der Waals surface area (Å²) in [4.78, 5) is 4.08. The molecule has 0 unspecified atom stereocenters. The molecule has 0 aliphatic heterocycles. The Hall–Kier alpha value is -1.61. The van der Waals surface area contributed by atoms with Crippen molar-refractivity contribution in [2.45, 2.75) is 39.4 Å². The molecule has 3 nitrogen and oxygen atoms in total. The first-order valence-corrected chi connectivity index (χ1v) is 6.32. The Labute approximate surface area is 109 Å². The van der Waals surface area contributed by atoms with Gasteiger partial charge in [0.05, 0.1) is 6.33 Å². The van der Waals surface area contributed by atoms with Crippen LogP contribution >= 0.6 is 0 Å². The summed E-state index contributed by atoms with van der Waals surface area (Å²) in [6.45, 7) is 8.33. The van der Waals surface area contributed by atoms with E-state index in [1.807, 2.05) is 18.7 Å². The summed E-state index contributed by atoms with van der Waals surface area (Å²) in [5.41, 5.74) is 2.83. The maximum atomic E-state index is 4.08. The molecule has 0 amide bonds. The van der Waals surface area contributed by atoms with Crippen LogP contribution < -0.4 is 5.32 Å². The van der Waals surface area contributed by atoms with Crippen LogP contribution in [0.4, 0.5) is 0 Å². The lowest BCUT2D eigenvalue weighted by Crippen LogP contribution is -2.35. The van der Waals surface area contributed by atoms with Crippen LogP contribution in [0.1, 0.15) is 31.9 Å². The van der Waals surface area contributed by atoms with Gasteiger partial charge >= 0.3 is 0 Å². The minimum Gasteiger partial charge on any atom is -0.333 e. The van der Waals surface area contributed by atoms with Gasteiger partial charge in [-0.3, -0.25) is 0 Å². The molecule has 1 N–H and O–H groups in total. The van der Waals surface area contributed by atoms with E-state index in [4.69, 9.17) is 0 Å². The van der Waals surface area contributed by atoms with E-state index in [1.165, 1.54) is 11.1 Å². The Morgan fingerprint density at radius 1 is 1.17 bits per heavy atom. The van der Waals surface area contributed by atoms with Gasteiger partial charge in [-0.1, -0.05) is 24.3 Å². The monoisotopic (exact) mass is 243 g/mol. The molecule has 0 atom stereocenters. The summed E-state index contributed by atoms with van der Waals surface area (Å²) in [5, 5.41) is 3.53. The Balaban J connectivity index is 2.10. The molecule has 1 aromatic heterocycles. The molecule has 0 aliphatic rings. The van der Waals surface area contributed by atoms with Crippen LogP contribution in [0.15, 0.2) is 43.0 Å². The molecule has 18 heavy (non-hydrogen) atoms. The van der Waals surface area contributed by atoms with Crippen LogP contribution in [0, 0.1) is 0 Å². The van der Waals surface area contributed by atoms with Crippen LogP contribution in [0.25, 0.3) is 0 Å². The van der Waals surface area contributed by atoms with Gasteiger partial charge in [-0.05, 0) is 31.9 Å². The number of benzene rings is 1. The van der Waals surface area contributed by atoms with Gasteiger partial charge in [0, 0.05) is 31.0 Å². The summed E-state index contributed by atoms with van der Waals surface area (Å²) < 4.78 is 2.09. The number of imidazole rings is 1. The maximum absolute atomic E-state index is 4.08. The van der Waals surface area contributed by atoms with E-state index in [0.29, 0.717) is 0 Å². The first-order chi connectivity index (χ1) is 8.54. The van der Waals surface area contributed by atoms with Gasteiger partial charge in [0.1, 0.15) is 0 Å². The van der Waals surface area contributed by atoms with E-state index < -0.39 is 0 Å². The van der Waals surface area contributed by atoms with Crippen molar-refractivity contribution in [1.29, 1.82) is 0 Å². The minimum atomic E-state index is 0.141. The summed E-state index contributed by atoms with van der Waals surface area (Å²) in [7, 11) is 0. The average Bonchev–Trinajstić information content (AvgIpc) is 2.80. The standard InChI is InChI=1S/C15H21N3/c1-15(2,3)17-10-13-6-4-5-7-14(13)11-18-9-8-16-12-18/h4-9,12,17H,10-11H2,1-3H3. The van der Waals surface area contributed by atoms with Crippen LogP contribution in [0.2, 0.25) is 0 Å². The molecule has 0 aliphatic carbocycles. The van der Waals surface area contributed by atoms with E-state index in [0.717, 1.165) is 13.1 Å². The van der Waals surface area contributed by atoms with Gasteiger partial charge in [0.25, 0.3) is 0 Å². The fraction of sp³-hybridized carbons (Fsp3) is 0.400. The fourth-order valence-electron chi connectivity index (χ4n) is 1.82. The molecule has 0 spiro atoms. The summed E-state index contributed by atoms with van der Waals surface area (Å²) >= 11 is 0. The van der Waals surface area contributed by atoms with Crippen molar-refractivity contribution in [2.75, 3.05) is 0 Å². The lowest BCUT2D eigenvalue weighted by Gasteiger charge is -2.21. The van der Waals surface area contributed by atoms with Crippen LogP contribution in [-0.4, -0.2) is 15.1 Å². The highest BCUT2D eigenvalue weighted by atomic mass is 15.0. The lowest BCUT2D eigenvalue weighted by atomic mass is 10.0.